The van der Waals surface area contributed by atoms with Gasteiger partial charge in [-0.2, -0.15) is 0 Å². The summed E-state index contributed by atoms with van der Waals surface area (Å²) in [6.45, 7) is 9.55. The van der Waals surface area contributed by atoms with Crippen molar-refractivity contribution in [2.75, 3.05) is 30.7 Å². The van der Waals surface area contributed by atoms with Crippen LogP contribution in [0.1, 0.15) is 56.0 Å². The Labute approximate surface area is 208 Å². The minimum atomic E-state index is -3.40. The summed E-state index contributed by atoms with van der Waals surface area (Å²) in [6.07, 6.45) is 6.75. The number of anilines is 1. The number of nitrogens with zero attached hydrogens (tertiary/aromatic N) is 1. The van der Waals surface area contributed by atoms with Crippen molar-refractivity contribution in [3.05, 3.63) is 65.9 Å². The van der Waals surface area contributed by atoms with E-state index in [9.17, 15) is 13.2 Å². The molecule has 0 radical (unpaired) electrons. The zero-order valence-corrected chi connectivity index (χ0v) is 21.6. The zero-order chi connectivity index (χ0) is 25.0. The number of rotatable bonds is 9. The molecule has 3 aromatic rings. The number of aromatic nitrogens is 1. The lowest BCUT2D eigenvalue weighted by molar-refractivity contribution is 0.102. The maximum absolute atomic E-state index is 13.0. The lowest BCUT2D eigenvalue weighted by atomic mass is 9.98. The molecule has 2 aromatic carbocycles. The standard InChI is InChI=1S/C28H35N3O3S/c1-4-5-15-35(33,34)24-8-6-7-22(16-24)28(32)30-23-9-10-27-25(17-23)26(18-29-27)21-11-13-31(14-12-21)19-20(2)3/h6-11,16-18,20,29H,4-5,12-15,19H2,1-3H3,(H,30,32). The largest absolute Gasteiger partial charge is 0.361 e. The average molecular weight is 494 g/mol. The van der Waals surface area contributed by atoms with Crippen molar-refractivity contribution in [2.45, 2.75) is 44.9 Å². The van der Waals surface area contributed by atoms with E-state index in [1.807, 2.05) is 31.3 Å². The number of fused-ring (bicyclic) bond motifs is 1. The molecule has 186 valence electrons. The molecule has 6 nitrogen and oxygen atoms in total. The van der Waals surface area contributed by atoms with E-state index >= 15 is 0 Å². The SMILES string of the molecule is CCCCS(=O)(=O)c1cccc(C(=O)Nc2ccc3[nH]cc(C4=CCN(CC(C)C)CC4)c3c2)c1. The van der Waals surface area contributed by atoms with Crippen LogP contribution < -0.4 is 5.32 Å². The van der Waals surface area contributed by atoms with Crippen molar-refractivity contribution in [2.24, 2.45) is 5.92 Å². The minimum absolute atomic E-state index is 0.0899. The Morgan fingerprint density at radius 3 is 2.71 bits per heavy atom. The number of hydrogen-bond donors (Lipinski definition) is 2. The number of unbranched alkanes of at least 4 members (excludes halogenated alkanes) is 1. The van der Waals surface area contributed by atoms with Gasteiger partial charge in [0.25, 0.3) is 5.91 Å². The number of amides is 1. The summed E-state index contributed by atoms with van der Waals surface area (Å²) in [7, 11) is -3.40. The number of nitrogens with one attached hydrogen (secondary N) is 2. The molecule has 0 fully saturated rings. The monoisotopic (exact) mass is 493 g/mol. The molecule has 0 spiro atoms. The number of carbonyl (C=O) groups excluding carboxylic acids is 1. The summed E-state index contributed by atoms with van der Waals surface area (Å²) in [6, 6.07) is 12.1. The van der Waals surface area contributed by atoms with Crippen molar-refractivity contribution in [3.63, 3.8) is 0 Å². The summed E-state index contributed by atoms with van der Waals surface area (Å²) in [5.74, 6) is 0.420. The molecule has 7 heteroatoms. The van der Waals surface area contributed by atoms with E-state index in [1.165, 1.54) is 17.2 Å². The Bertz CT molecular complexity index is 1340. The molecule has 2 heterocycles. The van der Waals surface area contributed by atoms with Crippen LogP contribution in [-0.2, 0) is 9.84 Å². The average Bonchev–Trinajstić information content (AvgIpc) is 3.26. The summed E-state index contributed by atoms with van der Waals surface area (Å²) in [5, 5.41) is 4.02. The van der Waals surface area contributed by atoms with Crippen LogP contribution in [-0.4, -0.2) is 49.6 Å². The van der Waals surface area contributed by atoms with E-state index in [4.69, 9.17) is 0 Å². The molecule has 1 aliphatic rings. The first-order chi connectivity index (χ1) is 16.8. The molecule has 1 amide bonds. The Balaban J connectivity index is 1.53. The lowest BCUT2D eigenvalue weighted by Crippen LogP contribution is -2.31. The molecular weight excluding hydrogens is 458 g/mol. The van der Waals surface area contributed by atoms with E-state index in [0.29, 0.717) is 23.6 Å². The highest BCUT2D eigenvalue weighted by Crippen LogP contribution is 2.31. The van der Waals surface area contributed by atoms with Gasteiger partial charge in [-0.15, -0.1) is 0 Å². The van der Waals surface area contributed by atoms with Gasteiger partial charge in [-0.1, -0.05) is 39.3 Å². The minimum Gasteiger partial charge on any atom is -0.361 e. The van der Waals surface area contributed by atoms with E-state index < -0.39 is 9.84 Å². The molecular formula is C28H35N3O3S. The quantitative estimate of drug-likeness (QED) is 0.398. The molecule has 4 rings (SSSR count). The number of carbonyl (C=O) groups is 1. The van der Waals surface area contributed by atoms with E-state index in [0.717, 1.165) is 43.4 Å². The second kappa shape index (κ2) is 10.8. The van der Waals surface area contributed by atoms with Crippen molar-refractivity contribution >= 4 is 37.9 Å². The van der Waals surface area contributed by atoms with Gasteiger partial charge >= 0.3 is 0 Å². The van der Waals surface area contributed by atoms with Crippen molar-refractivity contribution in [1.82, 2.24) is 9.88 Å². The molecule has 1 aromatic heterocycles. The van der Waals surface area contributed by atoms with Gasteiger partial charge in [0, 0.05) is 53.5 Å². The molecule has 0 saturated carbocycles. The van der Waals surface area contributed by atoms with Crippen LogP contribution in [0.15, 0.2) is 59.6 Å². The smallest absolute Gasteiger partial charge is 0.255 e. The van der Waals surface area contributed by atoms with Gasteiger partial charge in [-0.3, -0.25) is 9.69 Å². The summed E-state index contributed by atoms with van der Waals surface area (Å²) < 4.78 is 25.1. The van der Waals surface area contributed by atoms with Gasteiger partial charge in [-0.05, 0) is 60.7 Å². The van der Waals surface area contributed by atoms with Gasteiger partial charge < -0.3 is 10.3 Å². The fraction of sp³-hybridized carbons (Fsp3) is 0.393. The predicted octanol–water partition coefficient (Wildman–Crippen LogP) is 5.74. The zero-order valence-electron chi connectivity index (χ0n) is 20.8. The molecule has 0 aliphatic carbocycles. The van der Waals surface area contributed by atoms with Crippen LogP contribution in [0, 0.1) is 5.92 Å². The second-order valence-corrected chi connectivity index (χ2v) is 11.9. The lowest BCUT2D eigenvalue weighted by Gasteiger charge is -2.27. The molecule has 0 bridgehead atoms. The summed E-state index contributed by atoms with van der Waals surface area (Å²) in [4.78, 5) is 19.0. The fourth-order valence-corrected chi connectivity index (χ4v) is 6.09. The number of H-pyrrole nitrogens is 1. The van der Waals surface area contributed by atoms with Crippen LogP contribution in [0.5, 0.6) is 0 Å². The highest BCUT2D eigenvalue weighted by Gasteiger charge is 2.18. The van der Waals surface area contributed by atoms with Gasteiger partial charge in [0.15, 0.2) is 9.84 Å². The maximum atomic E-state index is 13.0. The first kappa shape index (κ1) is 25.2. The third kappa shape index (κ3) is 6.03. The third-order valence-electron chi connectivity index (χ3n) is 6.42. The Kier molecular flexibility index (Phi) is 7.77. The molecule has 35 heavy (non-hydrogen) atoms. The summed E-state index contributed by atoms with van der Waals surface area (Å²) >= 11 is 0. The van der Waals surface area contributed by atoms with Crippen molar-refractivity contribution < 1.29 is 13.2 Å². The van der Waals surface area contributed by atoms with Crippen LogP contribution in [0.25, 0.3) is 16.5 Å². The summed E-state index contributed by atoms with van der Waals surface area (Å²) in [5.41, 5.74) is 4.53. The highest BCUT2D eigenvalue weighted by atomic mass is 32.2. The van der Waals surface area contributed by atoms with Gasteiger partial charge in [0.1, 0.15) is 0 Å². The van der Waals surface area contributed by atoms with Crippen LogP contribution in [0.2, 0.25) is 0 Å². The third-order valence-corrected chi connectivity index (χ3v) is 8.22. The number of benzene rings is 2. The normalized spacial score (nSPS) is 14.9. The maximum Gasteiger partial charge on any atom is 0.255 e. The number of hydrogen-bond acceptors (Lipinski definition) is 4. The van der Waals surface area contributed by atoms with Crippen LogP contribution >= 0.6 is 0 Å². The Hall–Kier alpha value is -2.90. The van der Waals surface area contributed by atoms with Gasteiger partial charge in [0.05, 0.1) is 10.6 Å². The first-order valence-corrected chi connectivity index (χ1v) is 14.1. The molecule has 1 aliphatic heterocycles. The number of sulfone groups is 1. The fourth-order valence-electron chi connectivity index (χ4n) is 4.59. The van der Waals surface area contributed by atoms with E-state index in [-0.39, 0.29) is 16.6 Å². The van der Waals surface area contributed by atoms with Crippen molar-refractivity contribution in [1.29, 1.82) is 0 Å². The predicted molar refractivity (Wildman–Crippen MR) is 144 cm³/mol. The van der Waals surface area contributed by atoms with Crippen molar-refractivity contribution in [3.8, 4) is 0 Å². The Morgan fingerprint density at radius 2 is 2.00 bits per heavy atom. The second-order valence-electron chi connectivity index (χ2n) is 9.75. The molecule has 0 saturated heterocycles. The number of aromatic amines is 1. The molecule has 0 unspecified atom stereocenters. The molecule has 0 atom stereocenters. The van der Waals surface area contributed by atoms with E-state index in [1.54, 1.807) is 18.2 Å². The highest BCUT2D eigenvalue weighted by molar-refractivity contribution is 7.91. The molecule has 2 N–H and O–H groups in total. The van der Waals surface area contributed by atoms with Crippen LogP contribution in [0.3, 0.4) is 0 Å². The topological polar surface area (TPSA) is 82.3 Å². The van der Waals surface area contributed by atoms with Gasteiger partial charge in [0.2, 0.25) is 0 Å². The Morgan fingerprint density at radius 1 is 1.17 bits per heavy atom. The van der Waals surface area contributed by atoms with Gasteiger partial charge in [-0.25, -0.2) is 8.42 Å². The first-order valence-electron chi connectivity index (χ1n) is 12.4. The van der Waals surface area contributed by atoms with Crippen LogP contribution in [0.4, 0.5) is 5.69 Å². The van der Waals surface area contributed by atoms with E-state index in [2.05, 4.69) is 35.1 Å².